The minimum atomic E-state index is 0.222. The largest absolute Gasteiger partial charge is 0.508 e. The van der Waals surface area contributed by atoms with Crippen LogP contribution in [0.5, 0.6) is 5.75 Å². The first kappa shape index (κ1) is 10.8. The van der Waals surface area contributed by atoms with Crippen molar-refractivity contribution in [2.75, 3.05) is 0 Å². The molecule has 0 aromatic heterocycles. The quantitative estimate of drug-likeness (QED) is 0.796. The molecule has 1 aromatic rings. The minimum absolute atomic E-state index is 0.222. The maximum atomic E-state index is 11.5. The van der Waals surface area contributed by atoms with E-state index in [9.17, 15) is 9.90 Å². The molecule has 0 amide bonds. The van der Waals surface area contributed by atoms with Crippen LogP contribution in [0.1, 0.15) is 25.8 Å². The Hall–Kier alpha value is -1.31. The van der Waals surface area contributed by atoms with Gasteiger partial charge in [0.15, 0.2) is 0 Å². The van der Waals surface area contributed by atoms with Gasteiger partial charge in [0.2, 0.25) is 0 Å². The molecule has 14 heavy (non-hydrogen) atoms. The van der Waals surface area contributed by atoms with Crippen LogP contribution in [0, 0.1) is 5.92 Å². The Balaban J connectivity index is 2.56. The molecule has 0 heterocycles. The summed E-state index contributed by atoms with van der Waals surface area (Å²) in [6.07, 6.45) is 1.03. The standard InChI is InChI=1S/C12H16O2/c1-9(2)6-12(14)8-10-4-3-5-11(13)7-10/h3-5,7,9,13H,6,8H2,1-2H3. The summed E-state index contributed by atoms with van der Waals surface area (Å²) in [5.74, 6) is 0.852. The summed E-state index contributed by atoms with van der Waals surface area (Å²) in [6, 6.07) is 6.86. The highest BCUT2D eigenvalue weighted by molar-refractivity contribution is 5.81. The number of hydrogen-bond donors (Lipinski definition) is 1. The molecule has 0 aliphatic rings. The third-order valence-electron chi connectivity index (χ3n) is 1.95. The Morgan fingerprint density at radius 2 is 2.14 bits per heavy atom. The molecule has 0 unspecified atom stereocenters. The minimum Gasteiger partial charge on any atom is -0.508 e. The van der Waals surface area contributed by atoms with E-state index in [4.69, 9.17) is 0 Å². The number of phenols is 1. The SMILES string of the molecule is CC(C)CC(=O)Cc1cccc(O)c1. The van der Waals surface area contributed by atoms with E-state index < -0.39 is 0 Å². The smallest absolute Gasteiger partial charge is 0.137 e. The molecule has 0 saturated carbocycles. The van der Waals surface area contributed by atoms with Gasteiger partial charge in [-0.05, 0) is 23.6 Å². The van der Waals surface area contributed by atoms with Gasteiger partial charge in [-0.3, -0.25) is 4.79 Å². The van der Waals surface area contributed by atoms with E-state index in [0.717, 1.165) is 5.56 Å². The number of rotatable bonds is 4. The molecule has 2 nitrogen and oxygen atoms in total. The fraction of sp³-hybridized carbons (Fsp3) is 0.417. The highest BCUT2D eigenvalue weighted by Crippen LogP contribution is 2.13. The number of carbonyl (C=O) groups excluding carboxylic acids is 1. The van der Waals surface area contributed by atoms with Crippen LogP contribution in [0.25, 0.3) is 0 Å². The van der Waals surface area contributed by atoms with Crippen LogP contribution >= 0.6 is 0 Å². The molecule has 2 heteroatoms. The van der Waals surface area contributed by atoms with Gasteiger partial charge in [-0.1, -0.05) is 26.0 Å². The first-order valence-corrected chi connectivity index (χ1v) is 4.87. The molecule has 1 N–H and O–H groups in total. The van der Waals surface area contributed by atoms with Gasteiger partial charge in [0, 0.05) is 12.8 Å². The molecule has 0 bridgehead atoms. The lowest BCUT2D eigenvalue weighted by Gasteiger charge is -2.04. The van der Waals surface area contributed by atoms with Crippen molar-refractivity contribution in [3.05, 3.63) is 29.8 Å². The number of benzene rings is 1. The number of phenolic OH excluding ortho intramolecular Hbond substituents is 1. The Labute approximate surface area is 84.6 Å². The van der Waals surface area contributed by atoms with E-state index >= 15 is 0 Å². The summed E-state index contributed by atoms with van der Waals surface area (Å²) >= 11 is 0. The van der Waals surface area contributed by atoms with Crippen molar-refractivity contribution in [2.45, 2.75) is 26.7 Å². The second-order valence-corrected chi connectivity index (χ2v) is 3.98. The van der Waals surface area contributed by atoms with Gasteiger partial charge < -0.3 is 5.11 Å². The Morgan fingerprint density at radius 3 is 2.71 bits per heavy atom. The normalized spacial score (nSPS) is 10.5. The summed E-state index contributed by atoms with van der Waals surface area (Å²) in [6.45, 7) is 4.06. The van der Waals surface area contributed by atoms with Gasteiger partial charge in [0.05, 0.1) is 0 Å². The molecule has 1 aromatic carbocycles. The van der Waals surface area contributed by atoms with E-state index in [-0.39, 0.29) is 11.5 Å². The Bertz CT molecular complexity index is 316. The summed E-state index contributed by atoms with van der Waals surface area (Å²) in [4.78, 5) is 11.5. The second-order valence-electron chi connectivity index (χ2n) is 3.98. The highest BCUT2D eigenvalue weighted by Gasteiger charge is 2.06. The van der Waals surface area contributed by atoms with E-state index in [1.165, 1.54) is 0 Å². The molecule has 1 rings (SSSR count). The maximum absolute atomic E-state index is 11.5. The van der Waals surface area contributed by atoms with Crippen LogP contribution in [-0.2, 0) is 11.2 Å². The van der Waals surface area contributed by atoms with Crippen molar-refractivity contribution < 1.29 is 9.90 Å². The molecular weight excluding hydrogens is 176 g/mol. The van der Waals surface area contributed by atoms with Crippen LogP contribution in [0.4, 0.5) is 0 Å². The topological polar surface area (TPSA) is 37.3 Å². The predicted octanol–water partition coefficient (Wildman–Crippen LogP) is 2.55. The zero-order chi connectivity index (χ0) is 10.6. The highest BCUT2D eigenvalue weighted by atomic mass is 16.3. The van der Waals surface area contributed by atoms with E-state index in [2.05, 4.69) is 0 Å². The fourth-order valence-electron chi connectivity index (χ4n) is 1.42. The molecular formula is C12H16O2. The molecule has 0 fully saturated rings. The number of Topliss-reactive ketones (excluding diaryl/α,β-unsaturated/α-hetero) is 1. The molecule has 0 aliphatic heterocycles. The van der Waals surface area contributed by atoms with E-state index in [1.807, 2.05) is 19.9 Å². The summed E-state index contributed by atoms with van der Waals surface area (Å²) < 4.78 is 0. The Morgan fingerprint density at radius 1 is 1.43 bits per heavy atom. The summed E-state index contributed by atoms with van der Waals surface area (Å²) in [7, 11) is 0. The molecule has 76 valence electrons. The van der Waals surface area contributed by atoms with Crippen molar-refractivity contribution in [3.8, 4) is 5.75 Å². The first-order chi connectivity index (χ1) is 6.58. The van der Waals surface area contributed by atoms with Gasteiger partial charge in [-0.2, -0.15) is 0 Å². The van der Waals surface area contributed by atoms with Crippen molar-refractivity contribution in [1.82, 2.24) is 0 Å². The maximum Gasteiger partial charge on any atom is 0.137 e. The van der Waals surface area contributed by atoms with Gasteiger partial charge in [-0.15, -0.1) is 0 Å². The van der Waals surface area contributed by atoms with Crippen molar-refractivity contribution in [3.63, 3.8) is 0 Å². The molecule has 0 radical (unpaired) electrons. The van der Waals surface area contributed by atoms with Gasteiger partial charge in [0.1, 0.15) is 11.5 Å². The van der Waals surface area contributed by atoms with Crippen LogP contribution < -0.4 is 0 Å². The zero-order valence-corrected chi connectivity index (χ0v) is 8.66. The van der Waals surface area contributed by atoms with Crippen LogP contribution in [0.3, 0.4) is 0 Å². The Kier molecular flexibility index (Phi) is 3.69. The lowest BCUT2D eigenvalue weighted by molar-refractivity contribution is -0.119. The van der Waals surface area contributed by atoms with Gasteiger partial charge in [0.25, 0.3) is 0 Å². The molecule has 0 aliphatic carbocycles. The van der Waals surface area contributed by atoms with Gasteiger partial charge >= 0.3 is 0 Å². The van der Waals surface area contributed by atoms with Crippen molar-refractivity contribution >= 4 is 5.78 Å². The van der Waals surface area contributed by atoms with Crippen molar-refractivity contribution in [2.24, 2.45) is 5.92 Å². The summed E-state index contributed by atoms with van der Waals surface area (Å²) in [5.41, 5.74) is 0.885. The zero-order valence-electron chi connectivity index (χ0n) is 8.66. The van der Waals surface area contributed by atoms with Crippen LogP contribution in [0.2, 0.25) is 0 Å². The number of aromatic hydroxyl groups is 1. The number of ketones is 1. The average molecular weight is 192 g/mol. The molecule has 0 atom stereocenters. The van der Waals surface area contributed by atoms with E-state index in [0.29, 0.717) is 18.8 Å². The molecule has 0 saturated heterocycles. The predicted molar refractivity (Wildman–Crippen MR) is 56.3 cm³/mol. The van der Waals surface area contributed by atoms with Crippen LogP contribution in [-0.4, -0.2) is 10.9 Å². The monoisotopic (exact) mass is 192 g/mol. The lowest BCUT2D eigenvalue weighted by atomic mass is 10.0. The number of carbonyl (C=O) groups is 1. The third-order valence-corrected chi connectivity index (χ3v) is 1.95. The lowest BCUT2D eigenvalue weighted by Crippen LogP contribution is -2.06. The fourth-order valence-corrected chi connectivity index (χ4v) is 1.42. The van der Waals surface area contributed by atoms with Gasteiger partial charge in [-0.25, -0.2) is 0 Å². The average Bonchev–Trinajstić information content (AvgIpc) is 2.01. The summed E-state index contributed by atoms with van der Waals surface area (Å²) in [5, 5.41) is 9.20. The molecule has 0 spiro atoms. The third kappa shape index (κ3) is 3.60. The second kappa shape index (κ2) is 4.80. The first-order valence-electron chi connectivity index (χ1n) is 4.87. The number of hydrogen-bond acceptors (Lipinski definition) is 2. The van der Waals surface area contributed by atoms with Crippen LogP contribution in [0.15, 0.2) is 24.3 Å². The van der Waals surface area contributed by atoms with E-state index in [1.54, 1.807) is 18.2 Å². The van der Waals surface area contributed by atoms with Crippen molar-refractivity contribution in [1.29, 1.82) is 0 Å².